The zero-order valence-electron chi connectivity index (χ0n) is 37.0. The minimum absolute atomic E-state index is 0.526. The molecule has 0 atom stereocenters. The van der Waals surface area contributed by atoms with Crippen LogP contribution in [0.1, 0.15) is 141 Å². The van der Waals surface area contributed by atoms with E-state index < -0.39 is 0 Å². The van der Waals surface area contributed by atoms with Gasteiger partial charge >= 0.3 is 0 Å². The largest absolute Gasteiger partial charge is 0.491 e. The van der Waals surface area contributed by atoms with Gasteiger partial charge in [0.2, 0.25) is 0 Å². The normalized spacial score (nSPS) is 11.5. The molecule has 1 aromatic rings. The van der Waals surface area contributed by atoms with Crippen molar-refractivity contribution < 1.29 is 47.4 Å². The van der Waals surface area contributed by atoms with Gasteiger partial charge in [-0.15, -0.1) is 0 Å². The molecule has 0 saturated heterocycles. The van der Waals surface area contributed by atoms with Gasteiger partial charge in [0.25, 0.3) is 0 Å². The topological polar surface area (TPSA) is 92.3 Å². The number of hydrogen-bond acceptors (Lipinski definition) is 10. The van der Waals surface area contributed by atoms with Crippen LogP contribution < -0.4 is 4.74 Å². The monoisotopic (exact) mass is 813 g/mol. The molecule has 0 saturated carbocycles. The number of unbranched alkanes of at least 4 members (excludes halogenated alkanes) is 17. The maximum atomic E-state index is 5.79. The van der Waals surface area contributed by atoms with Gasteiger partial charge in [0, 0.05) is 6.61 Å². The summed E-state index contributed by atoms with van der Waals surface area (Å²) in [6.07, 6.45) is 26.9. The fourth-order valence-corrected chi connectivity index (χ4v) is 6.16. The molecule has 1 aromatic carbocycles. The van der Waals surface area contributed by atoms with Crippen LogP contribution in [0.4, 0.5) is 0 Å². The van der Waals surface area contributed by atoms with Crippen LogP contribution >= 0.6 is 0 Å². The number of aryl methyl sites for hydroxylation is 1. The first-order valence-corrected chi connectivity index (χ1v) is 23.3. The summed E-state index contributed by atoms with van der Waals surface area (Å²) in [6.45, 7) is 15.2. The molecule has 0 bridgehead atoms. The van der Waals surface area contributed by atoms with Gasteiger partial charge in [-0.2, -0.15) is 0 Å². The van der Waals surface area contributed by atoms with Gasteiger partial charge in [-0.3, -0.25) is 0 Å². The molecule has 0 radical (unpaired) electrons. The van der Waals surface area contributed by atoms with Crippen LogP contribution in [0.5, 0.6) is 5.75 Å². The lowest BCUT2D eigenvalue weighted by Crippen LogP contribution is -2.15. The fourth-order valence-electron chi connectivity index (χ4n) is 6.16. The Morgan fingerprint density at radius 3 is 0.860 bits per heavy atom. The lowest BCUT2D eigenvalue weighted by atomic mass is 10.0. The molecule has 10 nitrogen and oxygen atoms in total. The second-order valence-corrected chi connectivity index (χ2v) is 14.8. The van der Waals surface area contributed by atoms with Crippen molar-refractivity contribution >= 4 is 0 Å². The van der Waals surface area contributed by atoms with Crippen molar-refractivity contribution in [1.29, 1.82) is 0 Å². The first kappa shape index (κ1) is 53.7. The molecule has 10 heteroatoms. The predicted octanol–water partition coefficient (Wildman–Crippen LogP) is 10.2. The summed E-state index contributed by atoms with van der Waals surface area (Å²) in [7, 11) is 0. The molecule has 0 aliphatic carbocycles. The Morgan fingerprint density at radius 1 is 0.263 bits per heavy atom. The molecule has 0 spiro atoms. The fraction of sp³-hybridized carbons (Fsp3) is 0.872. The average molecular weight is 813 g/mol. The van der Waals surface area contributed by atoms with Gasteiger partial charge < -0.3 is 47.4 Å². The van der Waals surface area contributed by atoms with Gasteiger partial charge in [0.1, 0.15) is 12.4 Å². The van der Waals surface area contributed by atoms with Gasteiger partial charge in [-0.05, 0) is 37.0 Å². The molecular formula is C47H88O10. The zero-order valence-corrected chi connectivity index (χ0v) is 37.0. The maximum absolute atomic E-state index is 5.79. The van der Waals surface area contributed by atoms with Crippen LogP contribution in [0.3, 0.4) is 0 Å². The van der Waals surface area contributed by atoms with Crippen molar-refractivity contribution in [3.63, 3.8) is 0 Å². The summed E-state index contributed by atoms with van der Waals surface area (Å²) in [4.78, 5) is 0. The van der Waals surface area contributed by atoms with E-state index in [-0.39, 0.29) is 0 Å². The van der Waals surface area contributed by atoms with Crippen LogP contribution in [0.2, 0.25) is 0 Å². The van der Waals surface area contributed by atoms with E-state index in [0.717, 1.165) is 25.2 Å². The Kier molecular flexibility index (Phi) is 44.6. The zero-order chi connectivity index (χ0) is 40.6. The highest BCUT2D eigenvalue weighted by atomic mass is 16.6. The number of hydrogen-bond donors (Lipinski definition) is 0. The SMILES string of the molecule is CCCCCCCCCCCCCCCOCCOCCOCCOCCOCCOCCOCCOCCOCCOc1ccc(CCCCCCCC)cc1. The quantitative estimate of drug-likeness (QED) is 0.0592. The van der Waals surface area contributed by atoms with Gasteiger partial charge in [0.05, 0.1) is 112 Å². The summed E-state index contributed by atoms with van der Waals surface area (Å²) in [6, 6.07) is 8.46. The lowest BCUT2D eigenvalue weighted by Gasteiger charge is -2.09. The van der Waals surface area contributed by atoms with Crippen LogP contribution in [0.25, 0.3) is 0 Å². The second kappa shape index (κ2) is 47.3. The van der Waals surface area contributed by atoms with Gasteiger partial charge in [-0.1, -0.05) is 135 Å². The van der Waals surface area contributed by atoms with Gasteiger partial charge in [0.15, 0.2) is 0 Å². The average Bonchev–Trinajstić information content (AvgIpc) is 3.23. The highest BCUT2D eigenvalue weighted by molar-refractivity contribution is 5.27. The van der Waals surface area contributed by atoms with Crippen LogP contribution in [-0.2, 0) is 49.1 Å². The van der Waals surface area contributed by atoms with Crippen LogP contribution in [0.15, 0.2) is 24.3 Å². The summed E-state index contributed by atoms with van der Waals surface area (Å²) in [5, 5.41) is 0. The third-order valence-corrected chi connectivity index (χ3v) is 9.61. The van der Waals surface area contributed by atoms with E-state index in [1.165, 1.54) is 121 Å². The highest BCUT2D eigenvalue weighted by Gasteiger charge is 2.00. The first-order valence-electron chi connectivity index (χ1n) is 23.3. The Hall–Kier alpha value is -1.34. The molecule has 0 N–H and O–H groups in total. The van der Waals surface area contributed by atoms with Crippen molar-refractivity contribution in [2.45, 2.75) is 142 Å². The predicted molar refractivity (Wildman–Crippen MR) is 232 cm³/mol. The Morgan fingerprint density at radius 2 is 0.526 bits per heavy atom. The molecule has 57 heavy (non-hydrogen) atoms. The number of ether oxygens (including phenoxy) is 10. The molecule has 0 heterocycles. The minimum atomic E-state index is 0.526. The molecule has 0 aromatic heterocycles. The lowest BCUT2D eigenvalue weighted by molar-refractivity contribution is -0.0254. The number of rotatable bonds is 49. The van der Waals surface area contributed by atoms with E-state index in [2.05, 4.69) is 38.1 Å². The third kappa shape index (κ3) is 42.6. The summed E-state index contributed by atoms with van der Waals surface area (Å²) < 4.78 is 55.9. The van der Waals surface area contributed by atoms with E-state index >= 15 is 0 Å². The van der Waals surface area contributed by atoms with Crippen molar-refractivity contribution in [3.8, 4) is 5.75 Å². The van der Waals surface area contributed by atoms with Crippen LogP contribution in [0, 0.1) is 0 Å². The third-order valence-electron chi connectivity index (χ3n) is 9.61. The molecule has 0 unspecified atom stereocenters. The smallest absolute Gasteiger partial charge is 0.119 e. The first-order chi connectivity index (χ1) is 28.4. The Bertz CT molecular complexity index is 874. The number of benzene rings is 1. The summed E-state index contributed by atoms with van der Waals surface area (Å²) >= 11 is 0. The van der Waals surface area contributed by atoms with Crippen molar-refractivity contribution in [3.05, 3.63) is 29.8 Å². The van der Waals surface area contributed by atoms with E-state index in [1.54, 1.807) is 0 Å². The van der Waals surface area contributed by atoms with Gasteiger partial charge in [-0.25, -0.2) is 0 Å². The molecule has 0 aliphatic heterocycles. The molecule has 0 fully saturated rings. The van der Waals surface area contributed by atoms with E-state index in [1.807, 2.05) is 0 Å². The van der Waals surface area contributed by atoms with E-state index in [0.29, 0.717) is 119 Å². The van der Waals surface area contributed by atoms with Crippen molar-refractivity contribution in [2.75, 3.05) is 126 Å². The Balaban J connectivity index is 1.65. The highest BCUT2D eigenvalue weighted by Crippen LogP contribution is 2.15. The standard InChI is InChI=1S/C47H88O10/c1-3-5-7-9-11-12-13-14-15-16-17-19-21-27-48-28-29-49-30-31-50-32-33-51-34-35-52-36-37-53-38-39-54-40-41-55-42-43-56-44-45-57-47-25-23-46(24-26-47)22-20-18-10-8-6-4-2/h23-26H,3-22,27-45H2,1-2H3. The van der Waals surface area contributed by atoms with Crippen LogP contribution in [-0.4, -0.2) is 126 Å². The maximum Gasteiger partial charge on any atom is 0.119 e. The summed E-state index contributed by atoms with van der Waals surface area (Å²) in [5.41, 5.74) is 1.38. The minimum Gasteiger partial charge on any atom is -0.491 e. The molecule has 1 rings (SSSR count). The van der Waals surface area contributed by atoms with Crippen molar-refractivity contribution in [2.24, 2.45) is 0 Å². The van der Waals surface area contributed by atoms with E-state index in [4.69, 9.17) is 47.4 Å². The molecule has 0 aliphatic rings. The van der Waals surface area contributed by atoms with Crippen molar-refractivity contribution in [1.82, 2.24) is 0 Å². The molecular weight excluding hydrogens is 725 g/mol. The summed E-state index contributed by atoms with van der Waals surface area (Å²) in [5.74, 6) is 0.890. The molecule has 0 amide bonds. The molecule has 336 valence electrons. The Labute approximate surface area is 350 Å². The van der Waals surface area contributed by atoms with E-state index in [9.17, 15) is 0 Å². The second-order valence-electron chi connectivity index (χ2n) is 14.8.